The third kappa shape index (κ3) is 3.44. The summed E-state index contributed by atoms with van der Waals surface area (Å²) < 4.78 is 5.43. The van der Waals surface area contributed by atoms with Crippen molar-refractivity contribution in [3.8, 4) is 5.75 Å². The lowest BCUT2D eigenvalue weighted by atomic mass is 9.84. The van der Waals surface area contributed by atoms with Gasteiger partial charge in [0.2, 0.25) is 17.6 Å². The smallest absolute Gasteiger partial charge is 0.251 e. The Labute approximate surface area is 206 Å². The van der Waals surface area contributed by atoms with E-state index in [1.807, 2.05) is 6.92 Å². The molecule has 0 saturated carbocycles. The highest BCUT2D eigenvalue weighted by molar-refractivity contribution is 6.02. The lowest BCUT2D eigenvalue weighted by molar-refractivity contribution is -0.232. The maximum absolute atomic E-state index is 13.0. The van der Waals surface area contributed by atoms with Crippen LogP contribution < -0.4 is 26.0 Å². The Morgan fingerprint density at radius 1 is 1.22 bits per heavy atom. The van der Waals surface area contributed by atoms with Crippen molar-refractivity contribution in [2.75, 3.05) is 19.7 Å². The first-order valence-electron chi connectivity index (χ1n) is 11.7. The Morgan fingerprint density at radius 2 is 1.94 bits per heavy atom. The van der Waals surface area contributed by atoms with Crippen LogP contribution in [-0.4, -0.2) is 98.9 Å². The van der Waals surface area contributed by atoms with E-state index in [9.17, 15) is 24.6 Å². The number of likely N-dealkylation sites (tertiary alicyclic amines) is 1. The number of nitrogens with one attached hydrogen (secondary N) is 6. The van der Waals surface area contributed by atoms with E-state index in [0.717, 1.165) is 4.90 Å². The van der Waals surface area contributed by atoms with E-state index in [1.165, 1.54) is 11.0 Å². The zero-order valence-corrected chi connectivity index (χ0v) is 19.5. The molecule has 4 saturated heterocycles. The van der Waals surface area contributed by atoms with Crippen LogP contribution in [0.1, 0.15) is 30.1 Å². The topological polar surface area (TPSA) is 203 Å². The fourth-order valence-electron chi connectivity index (χ4n) is 5.49. The Kier molecular flexibility index (Phi) is 5.52. The first-order chi connectivity index (χ1) is 17.1. The molecular formula is C22H28N8O6. The average Bonchev–Trinajstić information content (AvgIpc) is 3.42. The van der Waals surface area contributed by atoms with Crippen LogP contribution in [0.5, 0.6) is 5.75 Å². The number of guanidine groups is 2. The SMILES string of the molecule is CCOc1cccc(C(=O)NC2CN3C(=N)N[C@@H](CN4C(=O)CCC4=O)[C@@H]4NC(=N)N[C@@]43C2(O)O)c1. The molecule has 1 spiro atoms. The minimum Gasteiger partial charge on any atom is -0.494 e. The van der Waals surface area contributed by atoms with Crippen LogP contribution in [0.3, 0.4) is 0 Å². The summed E-state index contributed by atoms with van der Waals surface area (Å²) >= 11 is 0. The summed E-state index contributed by atoms with van der Waals surface area (Å²) in [6.07, 6.45) is 0.184. The zero-order chi connectivity index (χ0) is 25.8. The van der Waals surface area contributed by atoms with Crippen LogP contribution in [-0.2, 0) is 9.59 Å². The van der Waals surface area contributed by atoms with Crippen molar-refractivity contribution in [3.63, 3.8) is 0 Å². The fraction of sp³-hybridized carbons (Fsp3) is 0.500. The zero-order valence-electron chi connectivity index (χ0n) is 19.5. The Bertz CT molecular complexity index is 1140. The number of carbonyl (C=O) groups excluding carboxylic acids is 3. The van der Waals surface area contributed by atoms with Crippen LogP contribution in [0.25, 0.3) is 0 Å². The van der Waals surface area contributed by atoms with E-state index >= 15 is 0 Å². The van der Waals surface area contributed by atoms with E-state index in [1.54, 1.807) is 18.2 Å². The molecule has 192 valence electrons. The van der Waals surface area contributed by atoms with Gasteiger partial charge in [-0.3, -0.25) is 30.1 Å². The predicted molar refractivity (Wildman–Crippen MR) is 124 cm³/mol. The van der Waals surface area contributed by atoms with Crippen molar-refractivity contribution >= 4 is 29.6 Å². The largest absolute Gasteiger partial charge is 0.494 e. The van der Waals surface area contributed by atoms with Gasteiger partial charge in [0.1, 0.15) is 11.8 Å². The fourth-order valence-corrected chi connectivity index (χ4v) is 5.49. The molecule has 4 atom stereocenters. The van der Waals surface area contributed by atoms with Crippen molar-refractivity contribution in [3.05, 3.63) is 29.8 Å². The van der Waals surface area contributed by atoms with Gasteiger partial charge in [-0.25, -0.2) is 0 Å². The quantitative estimate of drug-likeness (QED) is 0.151. The molecule has 4 fully saturated rings. The molecule has 3 amide bonds. The third-order valence-electron chi connectivity index (χ3n) is 7.14. The van der Waals surface area contributed by atoms with Gasteiger partial charge in [-0.1, -0.05) is 6.07 Å². The van der Waals surface area contributed by atoms with E-state index < -0.39 is 35.5 Å². The minimum atomic E-state index is -2.66. The van der Waals surface area contributed by atoms with Gasteiger partial charge in [0.05, 0.1) is 25.2 Å². The number of hydrogen-bond donors (Lipinski definition) is 8. The summed E-state index contributed by atoms with van der Waals surface area (Å²) in [5.74, 6) is -3.89. The molecule has 4 aliphatic rings. The van der Waals surface area contributed by atoms with Crippen molar-refractivity contribution in [1.82, 2.24) is 31.1 Å². The van der Waals surface area contributed by atoms with Crippen LogP contribution in [0.4, 0.5) is 0 Å². The molecule has 4 aliphatic heterocycles. The molecule has 1 aromatic carbocycles. The molecule has 1 aromatic rings. The second-order valence-corrected chi connectivity index (χ2v) is 9.21. The molecule has 0 bridgehead atoms. The number of amides is 3. The molecule has 1 unspecified atom stereocenters. The summed E-state index contributed by atoms with van der Waals surface area (Å²) in [4.78, 5) is 39.8. The molecular weight excluding hydrogens is 472 g/mol. The van der Waals surface area contributed by atoms with Crippen molar-refractivity contribution < 1.29 is 29.3 Å². The second kappa shape index (κ2) is 8.34. The lowest BCUT2D eigenvalue weighted by Crippen LogP contribution is -2.81. The van der Waals surface area contributed by atoms with Gasteiger partial charge < -0.3 is 41.1 Å². The molecule has 0 radical (unpaired) electrons. The maximum atomic E-state index is 13.0. The number of nitrogens with zero attached hydrogens (tertiary/aromatic N) is 2. The highest BCUT2D eigenvalue weighted by Gasteiger charge is 2.74. The number of hydrogen-bond acceptors (Lipinski definition) is 8. The lowest BCUT2D eigenvalue weighted by Gasteiger charge is -2.51. The van der Waals surface area contributed by atoms with Crippen LogP contribution in [0, 0.1) is 10.8 Å². The third-order valence-corrected chi connectivity index (χ3v) is 7.14. The van der Waals surface area contributed by atoms with Crippen LogP contribution >= 0.6 is 0 Å². The summed E-state index contributed by atoms with van der Waals surface area (Å²) in [6.45, 7) is 1.94. The van der Waals surface area contributed by atoms with Gasteiger partial charge in [-0.2, -0.15) is 0 Å². The van der Waals surface area contributed by atoms with Crippen LogP contribution in [0.2, 0.25) is 0 Å². The molecule has 5 rings (SSSR count). The highest BCUT2D eigenvalue weighted by atomic mass is 16.5. The molecule has 14 nitrogen and oxygen atoms in total. The van der Waals surface area contributed by atoms with Gasteiger partial charge in [0.25, 0.3) is 5.91 Å². The standard InChI is InChI=1S/C22H28N8O6/c1-2-36-12-5-3-4-11(8-12)18(33)26-14-10-30-20(24)25-13(9-29-15(31)6-7-16(29)32)17-21(30,22(14,34)35)28-19(23)27-17/h3-5,8,13-14,17,34-35H,2,6-7,9-10H2,1H3,(H2,24,25)(H,26,33)(H3,23,27,28)/t13-,14?,17-,21-/m0/s1. The molecule has 4 heterocycles. The summed E-state index contributed by atoms with van der Waals surface area (Å²) in [6, 6.07) is 3.42. The Morgan fingerprint density at radius 3 is 2.64 bits per heavy atom. The number of carbonyl (C=O) groups is 3. The van der Waals surface area contributed by atoms with Gasteiger partial charge in [-0.15, -0.1) is 0 Å². The second-order valence-electron chi connectivity index (χ2n) is 9.21. The first-order valence-corrected chi connectivity index (χ1v) is 11.7. The summed E-state index contributed by atoms with van der Waals surface area (Å²) in [5, 5.41) is 50.8. The highest BCUT2D eigenvalue weighted by Crippen LogP contribution is 2.43. The van der Waals surface area contributed by atoms with Gasteiger partial charge in [0, 0.05) is 24.9 Å². The first kappa shape index (κ1) is 23.8. The van der Waals surface area contributed by atoms with Gasteiger partial charge in [-0.05, 0) is 25.1 Å². The summed E-state index contributed by atoms with van der Waals surface area (Å²) in [7, 11) is 0. The predicted octanol–water partition coefficient (Wildman–Crippen LogP) is -2.57. The number of rotatable bonds is 6. The van der Waals surface area contributed by atoms with Crippen LogP contribution in [0.15, 0.2) is 24.3 Å². The number of imide groups is 1. The Balaban J connectivity index is 1.43. The minimum absolute atomic E-state index is 0.0922. The number of benzene rings is 1. The monoisotopic (exact) mass is 500 g/mol. The van der Waals surface area contributed by atoms with E-state index in [2.05, 4.69) is 21.3 Å². The van der Waals surface area contributed by atoms with Gasteiger partial charge in [0.15, 0.2) is 17.6 Å². The van der Waals surface area contributed by atoms with Crippen molar-refractivity contribution in [2.24, 2.45) is 0 Å². The van der Waals surface area contributed by atoms with E-state index in [0.29, 0.717) is 12.4 Å². The molecule has 14 heteroatoms. The van der Waals surface area contributed by atoms with E-state index in [-0.39, 0.29) is 55.2 Å². The molecule has 0 aromatic heterocycles. The van der Waals surface area contributed by atoms with E-state index in [4.69, 9.17) is 15.6 Å². The van der Waals surface area contributed by atoms with Gasteiger partial charge >= 0.3 is 0 Å². The number of aliphatic hydroxyl groups is 2. The molecule has 36 heavy (non-hydrogen) atoms. The van der Waals surface area contributed by atoms with Crippen molar-refractivity contribution in [2.45, 2.75) is 49.3 Å². The maximum Gasteiger partial charge on any atom is 0.251 e. The number of ether oxygens (including phenoxy) is 1. The summed E-state index contributed by atoms with van der Waals surface area (Å²) in [5.41, 5.74) is -1.58. The Hall–Kier alpha value is -3.91. The molecule has 8 N–H and O–H groups in total. The van der Waals surface area contributed by atoms with Crippen molar-refractivity contribution in [1.29, 1.82) is 10.8 Å². The normalized spacial score (nSPS) is 30.4. The average molecular weight is 501 g/mol. The molecule has 0 aliphatic carbocycles.